The van der Waals surface area contributed by atoms with Crippen molar-refractivity contribution in [3.05, 3.63) is 0 Å². The van der Waals surface area contributed by atoms with Crippen LogP contribution in [0.2, 0.25) is 0 Å². The number of hydrogen-bond acceptors (Lipinski definition) is 2. The fourth-order valence-corrected chi connectivity index (χ4v) is 2.30. The molecule has 1 radical (unpaired) electrons. The Morgan fingerprint density at radius 2 is 0.783 bits per heavy atom. The first-order valence-corrected chi connectivity index (χ1v) is 9.20. The van der Waals surface area contributed by atoms with E-state index in [-0.39, 0.29) is 41.4 Å². The van der Waals surface area contributed by atoms with Crippen molar-refractivity contribution >= 4 is 41.4 Å². The van der Waals surface area contributed by atoms with Crippen LogP contribution in [0, 0.1) is 0 Å². The first-order chi connectivity index (χ1) is 10.6. The molecule has 0 unspecified atom stereocenters. The molecular formula is C18H36N2NaO2. The summed E-state index contributed by atoms with van der Waals surface area (Å²) in [4.78, 5) is 28.6. The summed E-state index contributed by atoms with van der Waals surface area (Å²) in [6, 6.07) is 0. The van der Waals surface area contributed by atoms with Crippen LogP contribution >= 0.6 is 0 Å². The van der Waals surface area contributed by atoms with Crippen LogP contribution < -0.4 is 0 Å². The van der Waals surface area contributed by atoms with E-state index in [0.29, 0.717) is 26.2 Å². The Labute approximate surface area is 165 Å². The van der Waals surface area contributed by atoms with Crippen LogP contribution in [0.5, 0.6) is 0 Å². The summed E-state index contributed by atoms with van der Waals surface area (Å²) in [5.74, 6) is -0.594. The minimum atomic E-state index is -0.297. The molecule has 0 aliphatic rings. The summed E-state index contributed by atoms with van der Waals surface area (Å²) in [5, 5.41) is 0. The van der Waals surface area contributed by atoms with Crippen molar-refractivity contribution in [2.75, 3.05) is 26.2 Å². The second-order valence-corrected chi connectivity index (χ2v) is 6.00. The second kappa shape index (κ2) is 16.8. The van der Waals surface area contributed by atoms with Gasteiger partial charge in [-0.1, -0.05) is 53.4 Å². The Hall–Kier alpha value is -0.0600. The van der Waals surface area contributed by atoms with E-state index in [2.05, 4.69) is 27.7 Å². The average molecular weight is 335 g/mol. The van der Waals surface area contributed by atoms with Gasteiger partial charge in [0, 0.05) is 55.7 Å². The Kier molecular flexibility index (Phi) is 18.4. The molecule has 23 heavy (non-hydrogen) atoms. The van der Waals surface area contributed by atoms with E-state index >= 15 is 0 Å². The number of hydrogen-bond donors (Lipinski definition) is 0. The SMILES string of the molecule is CCCCN(CCCC)C(=O)C(=O)N(CCCC)CCCC.[Na]. The van der Waals surface area contributed by atoms with Crippen LogP contribution in [0.4, 0.5) is 0 Å². The Balaban J connectivity index is 0. The number of carbonyl (C=O) groups excluding carboxylic acids is 2. The monoisotopic (exact) mass is 335 g/mol. The molecule has 0 aromatic heterocycles. The smallest absolute Gasteiger partial charge is 0.312 e. The average Bonchev–Trinajstić information content (AvgIpc) is 2.54. The molecule has 0 heterocycles. The minimum absolute atomic E-state index is 0. The van der Waals surface area contributed by atoms with Gasteiger partial charge in [-0.3, -0.25) is 9.59 Å². The van der Waals surface area contributed by atoms with Crippen LogP contribution in [0.1, 0.15) is 79.1 Å². The van der Waals surface area contributed by atoms with Crippen molar-refractivity contribution in [3.63, 3.8) is 0 Å². The van der Waals surface area contributed by atoms with Gasteiger partial charge in [0.2, 0.25) is 0 Å². The number of carbonyl (C=O) groups is 2. The summed E-state index contributed by atoms with van der Waals surface area (Å²) < 4.78 is 0. The maximum absolute atomic E-state index is 12.6. The molecule has 0 N–H and O–H groups in total. The fraction of sp³-hybridized carbons (Fsp3) is 0.889. The molecule has 131 valence electrons. The van der Waals surface area contributed by atoms with Crippen molar-refractivity contribution in [3.8, 4) is 0 Å². The van der Waals surface area contributed by atoms with Crippen molar-refractivity contribution < 1.29 is 9.59 Å². The Morgan fingerprint density at radius 3 is 0.957 bits per heavy atom. The number of unbranched alkanes of at least 4 members (excludes halogenated alkanes) is 4. The third-order valence-corrected chi connectivity index (χ3v) is 3.88. The van der Waals surface area contributed by atoms with Gasteiger partial charge in [0.05, 0.1) is 0 Å². The van der Waals surface area contributed by atoms with Crippen LogP contribution in [-0.2, 0) is 9.59 Å². The molecule has 0 saturated heterocycles. The quantitative estimate of drug-likeness (QED) is 0.405. The molecule has 5 heteroatoms. The topological polar surface area (TPSA) is 40.6 Å². The standard InChI is InChI=1S/C18H36N2O2.Na/c1-5-9-13-19(14-10-6-2)17(21)18(22)20(15-11-7-3)16-12-8-4;/h5-16H2,1-4H3;. The van der Waals surface area contributed by atoms with E-state index in [1.165, 1.54) is 0 Å². The van der Waals surface area contributed by atoms with E-state index in [0.717, 1.165) is 51.4 Å². The summed E-state index contributed by atoms with van der Waals surface area (Å²) in [6.45, 7) is 11.3. The van der Waals surface area contributed by atoms with E-state index in [4.69, 9.17) is 0 Å². The van der Waals surface area contributed by atoms with Crippen LogP contribution in [-0.4, -0.2) is 77.4 Å². The molecule has 0 aromatic rings. The molecule has 2 amide bonds. The number of amides is 2. The van der Waals surface area contributed by atoms with Gasteiger partial charge in [-0.2, -0.15) is 0 Å². The van der Waals surface area contributed by atoms with Gasteiger partial charge in [-0.15, -0.1) is 0 Å². The third-order valence-electron chi connectivity index (χ3n) is 3.88. The zero-order chi connectivity index (χ0) is 16.8. The summed E-state index contributed by atoms with van der Waals surface area (Å²) in [6.07, 6.45) is 8.02. The van der Waals surface area contributed by atoms with Gasteiger partial charge in [0.1, 0.15) is 0 Å². The van der Waals surface area contributed by atoms with Crippen molar-refractivity contribution in [2.24, 2.45) is 0 Å². The molecule has 0 saturated carbocycles. The first-order valence-electron chi connectivity index (χ1n) is 9.20. The molecule has 0 atom stereocenters. The fourth-order valence-electron chi connectivity index (χ4n) is 2.30. The third kappa shape index (κ3) is 11.2. The maximum atomic E-state index is 12.6. The van der Waals surface area contributed by atoms with Gasteiger partial charge in [-0.25, -0.2) is 0 Å². The largest absolute Gasteiger partial charge is 0.334 e. The Morgan fingerprint density at radius 1 is 0.565 bits per heavy atom. The normalized spacial score (nSPS) is 10.1. The molecule has 0 fully saturated rings. The molecule has 0 aliphatic carbocycles. The predicted molar refractivity (Wildman–Crippen MR) is 98.5 cm³/mol. The molecule has 0 aliphatic heterocycles. The maximum Gasteiger partial charge on any atom is 0.312 e. The van der Waals surface area contributed by atoms with E-state index in [1.807, 2.05) is 0 Å². The van der Waals surface area contributed by atoms with Crippen molar-refractivity contribution in [1.82, 2.24) is 9.80 Å². The summed E-state index contributed by atoms with van der Waals surface area (Å²) in [5.41, 5.74) is 0. The van der Waals surface area contributed by atoms with E-state index < -0.39 is 0 Å². The van der Waals surface area contributed by atoms with Gasteiger partial charge in [0.25, 0.3) is 0 Å². The van der Waals surface area contributed by atoms with Crippen molar-refractivity contribution in [1.29, 1.82) is 0 Å². The molecule has 4 nitrogen and oxygen atoms in total. The zero-order valence-corrected chi connectivity index (χ0v) is 18.2. The second-order valence-electron chi connectivity index (χ2n) is 6.00. The molecule has 0 rings (SSSR count). The van der Waals surface area contributed by atoms with Gasteiger partial charge >= 0.3 is 11.8 Å². The first kappa shape index (κ1) is 25.2. The molecule has 0 spiro atoms. The molecule has 0 bridgehead atoms. The van der Waals surface area contributed by atoms with E-state index in [1.54, 1.807) is 9.80 Å². The zero-order valence-electron chi connectivity index (χ0n) is 16.2. The van der Waals surface area contributed by atoms with Crippen LogP contribution in [0.25, 0.3) is 0 Å². The van der Waals surface area contributed by atoms with Gasteiger partial charge in [-0.05, 0) is 25.7 Å². The predicted octanol–water partition coefficient (Wildman–Crippen LogP) is 3.46. The summed E-state index contributed by atoms with van der Waals surface area (Å²) in [7, 11) is 0. The number of rotatable bonds is 12. The van der Waals surface area contributed by atoms with E-state index in [9.17, 15) is 9.59 Å². The van der Waals surface area contributed by atoms with Gasteiger partial charge < -0.3 is 9.80 Å². The minimum Gasteiger partial charge on any atom is -0.334 e. The molecule has 0 aromatic carbocycles. The number of nitrogens with zero attached hydrogens (tertiary/aromatic N) is 2. The Bertz CT molecular complexity index is 265. The van der Waals surface area contributed by atoms with Crippen molar-refractivity contribution in [2.45, 2.75) is 79.1 Å². The molecular weight excluding hydrogens is 299 g/mol. The van der Waals surface area contributed by atoms with Crippen LogP contribution in [0.3, 0.4) is 0 Å². The summed E-state index contributed by atoms with van der Waals surface area (Å²) >= 11 is 0. The van der Waals surface area contributed by atoms with Crippen LogP contribution in [0.15, 0.2) is 0 Å². The van der Waals surface area contributed by atoms with Gasteiger partial charge in [0.15, 0.2) is 0 Å².